The molecular formula is C16H19BrF3N5O. The largest absolute Gasteiger partial charge is 0.436 e. The van der Waals surface area contributed by atoms with Gasteiger partial charge >= 0.3 is 6.18 Å². The first-order chi connectivity index (χ1) is 12.1. The molecule has 2 heterocycles. The van der Waals surface area contributed by atoms with Crippen molar-refractivity contribution in [2.75, 3.05) is 7.05 Å². The van der Waals surface area contributed by atoms with Gasteiger partial charge < -0.3 is 4.90 Å². The van der Waals surface area contributed by atoms with Crippen LogP contribution in [-0.2, 0) is 31.1 Å². The summed E-state index contributed by atoms with van der Waals surface area (Å²) in [5.74, 6) is -0.287. The molecule has 26 heavy (non-hydrogen) atoms. The number of hydrogen-bond donors (Lipinski definition) is 0. The van der Waals surface area contributed by atoms with Gasteiger partial charge in [-0.1, -0.05) is 0 Å². The second-order valence-electron chi connectivity index (χ2n) is 6.64. The van der Waals surface area contributed by atoms with Gasteiger partial charge in [-0.3, -0.25) is 14.2 Å². The lowest BCUT2D eigenvalue weighted by Gasteiger charge is -2.17. The summed E-state index contributed by atoms with van der Waals surface area (Å²) in [6, 6.07) is 0. The Bertz CT molecular complexity index is 838. The zero-order valence-corrected chi connectivity index (χ0v) is 16.2. The Hall–Kier alpha value is -1.84. The molecule has 2 aromatic rings. The highest BCUT2D eigenvalue weighted by molar-refractivity contribution is 9.10. The van der Waals surface area contributed by atoms with Gasteiger partial charge in [0.25, 0.3) is 0 Å². The molecule has 6 nitrogen and oxygen atoms in total. The van der Waals surface area contributed by atoms with Crippen molar-refractivity contribution in [2.24, 2.45) is 7.05 Å². The van der Waals surface area contributed by atoms with Crippen LogP contribution in [0.3, 0.4) is 0 Å². The van der Waals surface area contributed by atoms with E-state index in [2.05, 4.69) is 26.1 Å². The van der Waals surface area contributed by atoms with Crippen molar-refractivity contribution in [1.82, 2.24) is 24.5 Å². The number of carbonyl (C=O) groups excluding carboxylic acids is 1. The molecule has 0 unspecified atom stereocenters. The third-order valence-electron chi connectivity index (χ3n) is 4.40. The monoisotopic (exact) mass is 433 g/mol. The minimum absolute atomic E-state index is 0.0200. The van der Waals surface area contributed by atoms with Crippen molar-refractivity contribution in [3.63, 3.8) is 0 Å². The highest BCUT2D eigenvalue weighted by Crippen LogP contribution is 2.46. The van der Waals surface area contributed by atoms with Crippen LogP contribution in [0, 0.1) is 6.92 Å². The summed E-state index contributed by atoms with van der Waals surface area (Å²) in [6.45, 7) is 1.96. The van der Waals surface area contributed by atoms with Crippen LogP contribution < -0.4 is 0 Å². The SMILES string of the molecule is Cc1nn(C)cc1CN(C)C(=O)Cn1nc(C(F)(F)F)c(Br)c1C1CC1. The van der Waals surface area contributed by atoms with Crippen molar-refractivity contribution in [1.29, 1.82) is 0 Å². The molecule has 0 radical (unpaired) electrons. The molecule has 1 amide bonds. The third-order valence-corrected chi connectivity index (χ3v) is 5.18. The number of aryl methyl sites for hydroxylation is 2. The summed E-state index contributed by atoms with van der Waals surface area (Å²) >= 11 is 3.03. The molecule has 10 heteroatoms. The van der Waals surface area contributed by atoms with Crippen LogP contribution in [0.1, 0.15) is 41.4 Å². The number of halogens is 4. The van der Waals surface area contributed by atoms with Gasteiger partial charge in [0.15, 0.2) is 5.69 Å². The zero-order valence-electron chi connectivity index (χ0n) is 14.6. The van der Waals surface area contributed by atoms with Gasteiger partial charge in [0.2, 0.25) is 5.91 Å². The first-order valence-corrected chi connectivity index (χ1v) is 8.93. The minimum atomic E-state index is -4.56. The maximum atomic E-state index is 13.1. The van der Waals surface area contributed by atoms with Crippen LogP contribution in [-0.4, -0.2) is 37.4 Å². The molecule has 1 aliphatic carbocycles. The molecule has 1 saturated carbocycles. The van der Waals surface area contributed by atoms with Crippen LogP contribution in [0.2, 0.25) is 0 Å². The average Bonchev–Trinajstić information content (AvgIpc) is 3.22. The van der Waals surface area contributed by atoms with Crippen LogP contribution >= 0.6 is 15.9 Å². The highest BCUT2D eigenvalue weighted by atomic mass is 79.9. The predicted octanol–water partition coefficient (Wildman–Crippen LogP) is 3.24. The van der Waals surface area contributed by atoms with Gasteiger partial charge in [0, 0.05) is 38.3 Å². The molecule has 2 aromatic heterocycles. The first kappa shape index (κ1) is 18.9. The molecule has 3 rings (SSSR count). The van der Waals surface area contributed by atoms with Gasteiger partial charge in [-0.25, -0.2) is 0 Å². The lowest BCUT2D eigenvalue weighted by molar-refractivity contribution is -0.142. The Morgan fingerprint density at radius 3 is 2.54 bits per heavy atom. The van der Waals surface area contributed by atoms with E-state index in [1.165, 1.54) is 9.58 Å². The van der Waals surface area contributed by atoms with Crippen LogP contribution in [0.5, 0.6) is 0 Å². The maximum Gasteiger partial charge on any atom is 0.436 e. The number of nitrogens with zero attached hydrogens (tertiary/aromatic N) is 5. The first-order valence-electron chi connectivity index (χ1n) is 8.14. The summed E-state index contributed by atoms with van der Waals surface area (Å²) in [6.07, 6.45) is -1.13. The third kappa shape index (κ3) is 3.79. The van der Waals surface area contributed by atoms with Crippen molar-refractivity contribution in [3.8, 4) is 0 Å². The summed E-state index contributed by atoms with van der Waals surface area (Å²) in [5.41, 5.74) is 1.19. The van der Waals surface area contributed by atoms with Crippen molar-refractivity contribution in [3.05, 3.63) is 33.3 Å². The fraction of sp³-hybridized carbons (Fsp3) is 0.562. The second-order valence-corrected chi connectivity index (χ2v) is 7.43. The molecule has 0 bridgehead atoms. The van der Waals surface area contributed by atoms with Gasteiger partial charge in [-0.05, 0) is 35.7 Å². The molecule has 0 aromatic carbocycles. The van der Waals surface area contributed by atoms with E-state index in [9.17, 15) is 18.0 Å². The molecule has 0 spiro atoms. The van der Waals surface area contributed by atoms with E-state index in [1.54, 1.807) is 18.8 Å². The van der Waals surface area contributed by atoms with Crippen LogP contribution in [0.4, 0.5) is 13.2 Å². The number of aromatic nitrogens is 4. The van der Waals surface area contributed by atoms with Gasteiger partial charge in [0.1, 0.15) is 6.54 Å². The van der Waals surface area contributed by atoms with Crippen LogP contribution in [0.15, 0.2) is 10.7 Å². The minimum Gasteiger partial charge on any atom is -0.340 e. The summed E-state index contributed by atoms with van der Waals surface area (Å²) < 4.78 is 42.2. The molecule has 1 aliphatic rings. The average molecular weight is 434 g/mol. The van der Waals surface area contributed by atoms with Crippen LogP contribution in [0.25, 0.3) is 0 Å². The number of likely N-dealkylation sites (N-methyl/N-ethyl adjacent to an activating group) is 1. The summed E-state index contributed by atoms with van der Waals surface area (Å²) in [7, 11) is 3.41. The lowest BCUT2D eigenvalue weighted by atomic mass is 10.2. The maximum absolute atomic E-state index is 13.1. The number of carbonyl (C=O) groups is 1. The Balaban J connectivity index is 1.79. The van der Waals surface area contributed by atoms with Crippen molar-refractivity contribution < 1.29 is 18.0 Å². The molecule has 0 N–H and O–H groups in total. The molecule has 1 fully saturated rings. The van der Waals surface area contributed by atoms with Crippen molar-refractivity contribution >= 4 is 21.8 Å². The molecule has 0 saturated heterocycles. The Kier molecular flexibility index (Phi) is 4.89. The van der Waals surface area contributed by atoms with E-state index in [4.69, 9.17) is 0 Å². The number of amides is 1. The standard InChI is InChI=1S/C16H19BrF3N5O/c1-9-11(7-24(3)21-9)6-23(2)12(26)8-25-14(10-4-5-10)13(17)15(22-25)16(18,19)20/h7,10H,4-6,8H2,1-3H3. The van der Waals surface area contributed by atoms with Gasteiger partial charge in [-0.15, -0.1) is 0 Å². The van der Waals surface area contributed by atoms with E-state index >= 15 is 0 Å². The smallest absolute Gasteiger partial charge is 0.340 e. The fourth-order valence-electron chi connectivity index (χ4n) is 2.90. The second kappa shape index (κ2) is 6.71. The predicted molar refractivity (Wildman–Crippen MR) is 91.3 cm³/mol. The van der Waals surface area contributed by atoms with Crippen molar-refractivity contribution in [2.45, 2.75) is 44.9 Å². The Labute approximate surface area is 157 Å². The molecule has 0 atom stereocenters. The molecular weight excluding hydrogens is 415 g/mol. The van der Waals surface area contributed by atoms with E-state index in [0.717, 1.165) is 24.1 Å². The topological polar surface area (TPSA) is 56.0 Å². The van der Waals surface area contributed by atoms with Gasteiger partial charge in [0.05, 0.1) is 15.9 Å². The summed E-state index contributed by atoms with van der Waals surface area (Å²) in [4.78, 5) is 14.0. The Morgan fingerprint density at radius 2 is 2.04 bits per heavy atom. The van der Waals surface area contributed by atoms with E-state index in [-0.39, 0.29) is 22.8 Å². The number of hydrogen-bond acceptors (Lipinski definition) is 3. The quantitative estimate of drug-likeness (QED) is 0.726. The van der Waals surface area contributed by atoms with E-state index < -0.39 is 11.9 Å². The summed E-state index contributed by atoms with van der Waals surface area (Å²) in [5, 5.41) is 7.90. The van der Waals surface area contributed by atoms with E-state index in [1.807, 2.05) is 13.1 Å². The number of rotatable bonds is 5. The zero-order chi connectivity index (χ0) is 19.2. The van der Waals surface area contributed by atoms with E-state index in [0.29, 0.717) is 12.2 Å². The number of alkyl halides is 3. The normalized spacial score (nSPS) is 14.7. The fourth-order valence-corrected chi connectivity index (χ4v) is 3.73. The molecule has 0 aliphatic heterocycles. The molecule has 142 valence electrons. The van der Waals surface area contributed by atoms with Gasteiger partial charge in [-0.2, -0.15) is 23.4 Å². The highest BCUT2D eigenvalue weighted by Gasteiger charge is 2.42. The lowest BCUT2D eigenvalue weighted by Crippen LogP contribution is -2.30. The Morgan fingerprint density at radius 1 is 1.38 bits per heavy atom.